The maximum Gasteiger partial charge on any atom is 0.164 e. The average molecular weight is 1330 g/mol. The zero-order valence-electron chi connectivity index (χ0n) is 55.4. The molecule has 0 saturated heterocycles. The van der Waals surface area contributed by atoms with Gasteiger partial charge in [-0.15, -0.1) is 0 Å². The second-order valence-electron chi connectivity index (χ2n) is 21.1. The van der Waals surface area contributed by atoms with Crippen LogP contribution in [-0.4, -0.2) is 79.7 Å². The van der Waals surface area contributed by atoms with Gasteiger partial charge >= 0.3 is 0 Å². The van der Waals surface area contributed by atoms with Gasteiger partial charge in [0.1, 0.15) is 19.0 Å². The Labute approximate surface area is 593 Å². The van der Waals surface area contributed by atoms with E-state index in [0.29, 0.717) is 29.1 Å². The van der Waals surface area contributed by atoms with E-state index < -0.39 is 0 Å². The first kappa shape index (κ1) is 70.4. The Morgan fingerprint density at radius 2 is 0.353 bits per heavy atom. The molecule has 9 aromatic carbocycles. The molecule has 0 spiro atoms. The highest BCUT2D eigenvalue weighted by Crippen LogP contribution is 2.26. The molecule has 102 heavy (non-hydrogen) atoms. The van der Waals surface area contributed by atoms with E-state index in [-0.39, 0.29) is 0 Å². The molecular formula is C86H68N16. The highest BCUT2D eigenvalue weighted by atomic mass is 15.0. The zero-order chi connectivity index (χ0) is 69.8. The third kappa shape index (κ3) is 24.1. The van der Waals surface area contributed by atoms with Gasteiger partial charge in [-0.05, 0) is 48.5 Å². The molecule has 0 unspecified atom stereocenters. The minimum atomic E-state index is 0.684. The average Bonchev–Trinajstić information content (AvgIpc) is 0.813. The van der Waals surface area contributed by atoms with E-state index in [0.717, 1.165) is 73.1 Å². The number of aromatic nitrogens is 16. The lowest BCUT2D eigenvalue weighted by atomic mass is 10.1. The summed E-state index contributed by atoms with van der Waals surface area (Å²) >= 11 is 0. The van der Waals surface area contributed by atoms with Crippen LogP contribution in [0.1, 0.15) is 0 Å². The third-order valence-electron chi connectivity index (χ3n) is 14.0. The van der Waals surface area contributed by atoms with Gasteiger partial charge in [0.15, 0.2) is 40.8 Å². The molecule has 0 saturated carbocycles. The van der Waals surface area contributed by atoms with Crippen molar-refractivity contribution in [2.45, 2.75) is 0 Å². The van der Waals surface area contributed by atoms with Gasteiger partial charge in [-0.25, -0.2) is 69.8 Å². The van der Waals surface area contributed by atoms with Gasteiger partial charge in [-0.3, -0.25) is 9.97 Å². The van der Waals surface area contributed by atoms with Gasteiger partial charge in [-0.2, -0.15) is 0 Å². The molecule has 492 valence electrons. The summed E-state index contributed by atoms with van der Waals surface area (Å²) in [6, 6.07) is 109. The summed E-state index contributed by atoms with van der Waals surface area (Å²) < 4.78 is 0. The molecule has 0 bridgehead atoms. The van der Waals surface area contributed by atoms with E-state index in [2.05, 4.69) is 104 Å². The van der Waals surface area contributed by atoms with Gasteiger partial charge in [0.25, 0.3) is 0 Å². The fourth-order valence-corrected chi connectivity index (χ4v) is 9.11. The second-order valence-corrected chi connectivity index (χ2v) is 21.1. The summed E-state index contributed by atoms with van der Waals surface area (Å²) in [7, 11) is 0. The van der Waals surface area contributed by atoms with Crippen molar-refractivity contribution in [3.63, 3.8) is 0 Å². The summed E-state index contributed by atoms with van der Waals surface area (Å²) in [5, 5.41) is 0. The van der Waals surface area contributed by atoms with E-state index in [4.69, 9.17) is 0 Å². The first-order valence-corrected chi connectivity index (χ1v) is 32.4. The Morgan fingerprint density at radius 3 is 0.588 bits per heavy atom. The molecule has 0 aliphatic rings. The van der Waals surface area contributed by atoms with E-state index in [1.165, 1.54) is 6.33 Å². The Balaban J connectivity index is 0.000000131. The fraction of sp³-hybridized carbons (Fsp3) is 0. The van der Waals surface area contributed by atoms with Crippen LogP contribution in [0.4, 0.5) is 0 Å². The lowest BCUT2D eigenvalue weighted by Crippen LogP contribution is -1.99. The highest BCUT2D eigenvalue weighted by molar-refractivity contribution is 5.69. The van der Waals surface area contributed by atoms with Crippen LogP contribution in [0.25, 0.3) is 102 Å². The topological polar surface area (TPSA) is 206 Å². The second kappa shape index (κ2) is 41.6. The summed E-state index contributed by atoms with van der Waals surface area (Å²) in [5.74, 6) is 5.00. The maximum atomic E-state index is 4.68. The van der Waals surface area contributed by atoms with Gasteiger partial charge < -0.3 is 0 Å². The minimum Gasteiger partial charge on any atom is -0.265 e. The summed E-state index contributed by atoms with van der Waals surface area (Å²) in [4.78, 5) is 67.1. The smallest absolute Gasteiger partial charge is 0.164 e. The van der Waals surface area contributed by atoms with Crippen molar-refractivity contribution in [3.8, 4) is 102 Å². The summed E-state index contributed by atoms with van der Waals surface area (Å²) in [5.41, 5.74) is 11.2. The molecule has 17 aromatic rings. The molecule has 0 radical (unpaired) electrons. The van der Waals surface area contributed by atoms with Crippen LogP contribution >= 0.6 is 0 Å². The Kier molecular flexibility index (Phi) is 28.7. The lowest BCUT2D eigenvalue weighted by molar-refractivity contribution is 1.07. The molecule has 0 amide bonds. The monoisotopic (exact) mass is 1320 g/mol. The minimum absolute atomic E-state index is 0.684. The van der Waals surface area contributed by atoms with Crippen molar-refractivity contribution in [2.75, 3.05) is 0 Å². The van der Waals surface area contributed by atoms with Gasteiger partial charge in [0, 0.05) is 112 Å². The lowest BCUT2D eigenvalue weighted by Gasteiger charge is -2.08. The first-order valence-electron chi connectivity index (χ1n) is 32.4. The molecule has 16 heteroatoms. The predicted octanol–water partition coefficient (Wildman–Crippen LogP) is 18.8. The van der Waals surface area contributed by atoms with Crippen molar-refractivity contribution < 1.29 is 0 Å². The first-order chi connectivity index (χ1) is 50.7. The van der Waals surface area contributed by atoms with E-state index >= 15 is 0 Å². The molecule has 16 nitrogen and oxygen atoms in total. The standard InChI is InChI=1S/C21H15N3.C16H12N2.C15H11N3.2C10H8N2.2C5H5N.C4H4N2/c1-4-10-16(11-5-1)19-22-20(17-12-6-2-7-13-17)24-21(23-19)18-14-8-3-9-15-18;1-3-7-13(8-4-1)15-11-16(18-12-17-15)14-9-5-2-6-10-14;1-3-7-12(8-4-1)14-16-11-17-15(18-14)13-9-5-2-6-10-13;2*1-2-5-9(6-3-1)10-11-7-4-8-12-10;2*1-2-4-6-5-3-1;1-2-5-4-6-3-1/h1-15H;1-12H;1-11H;2*1-8H;2*1-5H;1-4H. The maximum absolute atomic E-state index is 4.68. The van der Waals surface area contributed by atoms with Crippen molar-refractivity contribution >= 4 is 0 Å². The quantitative estimate of drug-likeness (QED) is 0.132. The van der Waals surface area contributed by atoms with E-state index in [1.54, 1.807) is 80.7 Å². The van der Waals surface area contributed by atoms with Crippen LogP contribution < -0.4 is 0 Å². The number of benzene rings is 9. The number of hydrogen-bond acceptors (Lipinski definition) is 16. The highest BCUT2D eigenvalue weighted by Gasteiger charge is 2.12. The van der Waals surface area contributed by atoms with Crippen LogP contribution in [0.5, 0.6) is 0 Å². The van der Waals surface area contributed by atoms with E-state index in [9.17, 15) is 0 Å². The molecule has 0 atom stereocenters. The summed E-state index contributed by atoms with van der Waals surface area (Å²) in [6.07, 6.45) is 22.0. The molecule has 0 N–H and O–H groups in total. The fourth-order valence-electron chi connectivity index (χ4n) is 9.11. The van der Waals surface area contributed by atoms with Crippen molar-refractivity contribution in [1.29, 1.82) is 0 Å². The van der Waals surface area contributed by atoms with Crippen molar-refractivity contribution in [1.82, 2.24) is 79.7 Å². The predicted molar refractivity (Wildman–Crippen MR) is 405 cm³/mol. The molecule has 8 aromatic heterocycles. The molecule has 17 rings (SSSR count). The molecule has 0 fully saturated rings. The normalized spacial score (nSPS) is 9.76. The Morgan fingerprint density at radius 1 is 0.137 bits per heavy atom. The van der Waals surface area contributed by atoms with Crippen LogP contribution in [0.15, 0.2) is 415 Å². The van der Waals surface area contributed by atoms with Crippen molar-refractivity contribution in [2.24, 2.45) is 0 Å². The number of hydrogen-bond donors (Lipinski definition) is 0. The number of nitrogens with zero attached hydrogens (tertiary/aromatic N) is 16. The van der Waals surface area contributed by atoms with E-state index in [1.807, 2.05) is 303 Å². The SMILES string of the molecule is c1ccc(-c2cc(-c3ccccc3)ncn2)cc1.c1ccc(-c2nc(-c3ccccc3)nc(-c3ccccc3)n2)cc1.c1ccc(-c2ncccn2)cc1.c1ccc(-c2ncccn2)cc1.c1ccc(-c2ncnc(-c3ccccc3)n2)cc1.c1ccncc1.c1ccncc1.c1cncnc1. The summed E-state index contributed by atoms with van der Waals surface area (Å²) in [6.45, 7) is 0. The molecule has 8 heterocycles. The zero-order valence-corrected chi connectivity index (χ0v) is 55.4. The Hall–Kier alpha value is -14.4. The van der Waals surface area contributed by atoms with Crippen molar-refractivity contribution in [3.05, 3.63) is 415 Å². The number of rotatable bonds is 9. The van der Waals surface area contributed by atoms with Crippen LogP contribution in [-0.2, 0) is 0 Å². The molecule has 0 aliphatic carbocycles. The van der Waals surface area contributed by atoms with Crippen LogP contribution in [0, 0.1) is 0 Å². The third-order valence-corrected chi connectivity index (χ3v) is 14.0. The van der Waals surface area contributed by atoms with Crippen LogP contribution in [0.2, 0.25) is 0 Å². The van der Waals surface area contributed by atoms with Gasteiger partial charge in [0.05, 0.1) is 11.4 Å². The van der Waals surface area contributed by atoms with Gasteiger partial charge in [-0.1, -0.05) is 285 Å². The number of pyridine rings is 2. The molecule has 0 aliphatic heterocycles. The molecular weight excluding hydrogens is 1260 g/mol. The largest absolute Gasteiger partial charge is 0.265 e. The Bertz CT molecular complexity index is 4310. The van der Waals surface area contributed by atoms with Gasteiger partial charge in [0.2, 0.25) is 0 Å². The van der Waals surface area contributed by atoms with Crippen LogP contribution in [0.3, 0.4) is 0 Å².